The molecular formula is C17H26ClN2O2S+. The van der Waals surface area contributed by atoms with Crippen LogP contribution in [0.2, 0.25) is 0 Å². The van der Waals surface area contributed by atoms with Gasteiger partial charge in [-0.3, -0.25) is 0 Å². The first kappa shape index (κ1) is 18.5. The number of hydrogen-bond acceptors (Lipinski definition) is 2. The van der Waals surface area contributed by atoms with Crippen LogP contribution >= 0.6 is 11.6 Å². The van der Waals surface area contributed by atoms with E-state index in [-0.39, 0.29) is 0 Å². The molecule has 1 aliphatic rings. The fourth-order valence-electron chi connectivity index (χ4n) is 3.19. The average Bonchev–Trinajstić information content (AvgIpc) is 2.45. The van der Waals surface area contributed by atoms with Crippen molar-refractivity contribution < 1.29 is 13.3 Å². The zero-order valence-electron chi connectivity index (χ0n) is 14.4. The summed E-state index contributed by atoms with van der Waals surface area (Å²) in [5.74, 6) is 0. The fraction of sp³-hybridized carbons (Fsp3) is 0.529. The normalized spacial score (nSPS) is 17.4. The number of quaternary nitrogens is 1. The molecule has 1 fully saturated rings. The lowest BCUT2D eigenvalue weighted by molar-refractivity contribution is -0.898. The maximum atomic E-state index is 13.1. The minimum atomic E-state index is -3.46. The molecule has 1 saturated heterocycles. The van der Waals surface area contributed by atoms with E-state index in [1.807, 2.05) is 27.7 Å². The lowest BCUT2D eigenvalue weighted by Gasteiger charge is -2.32. The Morgan fingerprint density at radius 1 is 1.17 bits per heavy atom. The van der Waals surface area contributed by atoms with Crippen molar-refractivity contribution in [2.75, 3.05) is 32.7 Å². The molecule has 0 bridgehead atoms. The molecule has 0 amide bonds. The van der Waals surface area contributed by atoms with Gasteiger partial charge in [-0.15, -0.1) is 0 Å². The van der Waals surface area contributed by atoms with Crippen LogP contribution in [-0.4, -0.2) is 45.4 Å². The van der Waals surface area contributed by atoms with Gasteiger partial charge in [-0.25, -0.2) is 8.42 Å². The van der Waals surface area contributed by atoms with Crippen LogP contribution < -0.4 is 4.90 Å². The van der Waals surface area contributed by atoms with Crippen LogP contribution in [0.3, 0.4) is 0 Å². The van der Waals surface area contributed by atoms with Crippen molar-refractivity contribution in [3.8, 4) is 0 Å². The first-order valence-corrected chi connectivity index (χ1v) is 9.70. The quantitative estimate of drug-likeness (QED) is 0.888. The summed E-state index contributed by atoms with van der Waals surface area (Å²) in [6.45, 7) is 14.7. The Morgan fingerprint density at radius 2 is 1.65 bits per heavy atom. The average molecular weight is 358 g/mol. The van der Waals surface area contributed by atoms with E-state index < -0.39 is 10.0 Å². The van der Waals surface area contributed by atoms with Gasteiger partial charge in [0.15, 0.2) is 0 Å². The van der Waals surface area contributed by atoms with E-state index in [4.69, 9.17) is 11.6 Å². The Balaban J connectivity index is 2.29. The summed E-state index contributed by atoms with van der Waals surface area (Å²) in [7, 11) is -3.46. The largest absolute Gasteiger partial charge is 0.328 e. The fourth-order valence-corrected chi connectivity index (χ4v) is 5.39. The van der Waals surface area contributed by atoms with Crippen LogP contribution in [0.1, 0.15) is 22.3 Å². The Bertz CT molecular complexity index is 694. The molecule has 2 rings (SSSR count). The first-order valence-electron chi connectivity index (χ1n) is 7.89. The maximum absolute atomic E-state index is 13.1. The molecule has 128 valence electrons. The number of halogens is 1. The van der Waals surface area contributed by atoms with Gasteiger partial charge in [0.1, 0.15) is 6.54 Å². The molecule has 1 heterocycles. The first-order chi connectivity index (χ1) is 10.6. The Hall–Kier alpha value is -0.880. The SMILES string of the molecule is C=C(Cl)C[NH+]1CCN(S(=O)(=O)c2c(C)c(C)cc(C)c2C)CC1. The number of benzene rings is 1. The van der Waals surface area contributed by atoms with Crippen molar-refractivity contribution in [1.82, 2.24) is 4.31 Å². The van der Waals surface area contributed by atoms with Crippen molar-refractivity contribution in [2.24, 2.45) is 0 Å². The summed E-state index contributed by atoms with van der Waals surface area (Å²) < 4.78 is 27.9. The number of piperazine rings is 1. The van der Waals surface area contributed by atoms with E-state index in [0.717, 1.165) is 35.3 Å². The maximum Gasteiger partial charge on any atom is 0.244 e. The molecule has 0 aromatic heterocycles. The van der Waals surface area contributed by atoms with Gasteiger partial charge in [0, 0.05) is 0 Å². The van der Waals surface area contributed by atoms with Crippen molar-refractivity contribution in [2.45, 2.75) is 32.6 Å². The van der Waals surface area contributed by atoms with E-state index in [2.05, 4.69) is 12.6 Å². The third kappa shape index (κ3) is 3.79. The molecule has 0 spiro atoms. The topological polar surface area (TPSA) is 41.8 Å². The van der Waals surface area contributed by atoms with Crippen LogP contribution in [0.4, 0.5) is 0 Å². The van der Waals surface area contributed by atoms with Gasteiger partial charge in [-0.1, -0.05) is 24.2 Å². The second kappa shape index (κ2) is 6.93. The lowest BCUT2D eigenvalue weighted by atomic mass is 10.0. The highest BCUT2D eigenvalue weighted by Crippen LogP contribution is 2.28. The molecule has 1 N–H and O–H groups in total. The smallest absolute Gasteiger partial charge is 0.244 e. The molecule has 6 heteroatoms. The van der Waals surface area contributed by atoms with Crippen molar-refractivity contribution in [3.05, 3.63) is 39.9 Å². The lowest BCUT2D eigenvalue weighted by Crippen LogP contribution is -3.14. The summed E-state index contributed by atoms with van der Waals surface area (Å²) >= 11 is 5.86. The number of aryl methyl sites for hydroxylation is 2. The van der Waals surface area contributed by atoms with Crippen LogP contribution in [0, 0.1) is 27.7 Å². The Kier molecular flexibility index (Phi) is 5.56. The van der Waals surface area contributed by atoms with Crippen LogP contribution in [-0.2, 0) is 10.0 Å². The standard InChI is InChI=1S/C17H25ClN2O2S/c1-12-10-13(2)16(5)17(15(12)4)23(21,22)20-8-6-19(7-9-20)11-14(3)18/h10H,3,6-9,11H2,1-2,4-5H3/p+1. The summed E-state index contributed by atoms with van der Waals surface area (Å²) in [5, 5.41) is 0.623. The van der Waals surface area contributed by atoms with Crippen LogP contribution in [0.25, 0.3) is 0 Å². The number of nitrogens with one attached hydrogen (secondary N) is 1. The molecule has 0 unspecified atom stereocenters. The molecule has 0 aliphatic carbocycles. The van der Waals surface area contributed by atoms with Crippen molar-refractivity contribution in [3.63, 3.8) is 0 Å². The predicted octanol–water partition coefficient (Wildman–Crippen LogP) is 1.56. The molecule has 1 aliphatic heterocycles. The van der Waals surface area contributed by atoms with Crippen molar-refractivity contribution in [1.29, 1.82) is 0 Å². The molecular weight excluding hydrogens is 332 g/mol. The van der Waals surface area contributed by atoms with Crippen LogP contribution in [0.5, 0.6) is 0 Å². The highest BCUT2D eigenvalue weighted by Gasteiger charge is 2.33. The van der Waals surface area contributed by atoms with E-state index >= 15 is 0 Å². The van der Waals surface area contributed by atoms with E-state index in [1.54, 1.807) is 4.31 Å². The van der Waals surface area contributed by atoms with Gasteiger partial charge < -0.3 is 4.90 Å². The van der Waals surface area contributed by atoms with E-state index in [1.165, 1.54) is 4.90 Å². The molecule has 0 radical (unpaired) electrons. The number of rotatable bonds is 4. The van der Waals surface area contributed by atoms with Gasteiger partial charge >= 0.3 is 0 Å². The molecule has 0 atom stereocenters. The minimum absolute atomic E-state index is 0.486. The third-order valence-corrected chi connectivity index (χ3v) is 7.07. The molecule has 1 aromatic carbocycles. The molecule has 1 aromatic rings. The highest BCUT2D eigenvalue weighted by molar-refractivity contribution is 7.89. The minimum Gasteiger partial charge on any atom is -0.328 e. The van der Waals surface area contributed by atoms with Gasteiger partial charge in [-0.05, 0) is 49.9 Å². The Morgan fingerprint density at radius 3 is 2.09 bits per heavy atom. The highest BCUT2D eigenvalue weighted by atomic mass is 35.5. The van der Waals surface area contributed by atoms with Gasteiger partial charge in [0.05, 0.1) is 36.1 Å². The van der Waals surface area contributed by atoms with E-state index in [0.29, 0.717) is 29.6 Å². The zero-order valence-corrected chi connectivity index (χ0v) is 15.9. The number of hydrogen-bond donors (Lipinski definition) is 1. The summed E-state index contributed by atoms with van der Waals surface area (Å²) in [4.78, 5) is 1.77. The van der Waals surface area contributed by atoms with Gasteiger partial charge in [0.2, 0.25) is 10.0 Å². The summed E-state index contributed by atoms with van der Waals surface area (Å²) in [6.07, 6.45) is 0. The van der Waals surface area contributed by atoms with E-state index in [9.17, 15) is 8.42 Å². The number of sulfonamides is 1. The van der Waals surface area contributed by atoms with Crippen molar-refractivity contribution >= 4 is 21.6 Å². The van der Waals surface area contributed by atoms with Gasteiger partial charge in [-0.2, -0.15) is 4.31 Å². The summed E-state index contributed by atoms with van der Waals surface area (Å²) in [5.41, 5.74) is 3.76. The third-order valence-electron chi connectivity index (χ3n) is 4.77. The zero-order chi connectivity index (χ0) is 17.4. The molecule has 0 saturated carbocycles. The Labute approximate surface area is 144 Å². The monoisotopic (exact) mass is 357 g/mol. The predicted molar refractivity (Wildman–Crippen MR) is 94.7 cm³/mol. The van der Waals surface area contributed by atoms with Gasteiger partial charge in [0.25, 0.3) is 0 Å². The van der Waals surface area contributed by atoms with Crippen LogP contribution in [0.15, 0.2) is 22.6 Å². The second-order valence-corrected chi connectivity index (χ2v) is 8.85. The molecule has 23 heavy (non-hydrogen) atoms. The molecule has 4 nitrogen and oxygen atoms in total. The number of nitrogens with zero attached hydrogens (tertiary/aromatic N) is 1. The second-order valence-electron chi connectivity index (χ2n) is 6.44. The summed E-state index contributed by atoms with van der Waals surface area (Å²) in [6, 6.07) is 2.05.